The Morgan fingerprint density at radius 2 is 1.62 bits per heavy atom. The van der Waals surface area contributed by atoms with Crippen LogP contribution in [0.3, 0.4) is 0 Å². The van der Waals surface area contributed by atoms with Crippen molar-refractivity contribution in [3.63, 3.8) is 0 Å². The van der Waals surface area contributed by atoms with Gasteiger partial charge < -0.3 is 19.7 Å². The maximum absolute atomic E-state index is 10.4. The molecule has 0 saturated carbocycles. The molecule has 0 radical (unpaired) electrons. The van der Waals surface area contributed by atoms with E-state index in [1.54, 1.807) is 18.7 Å². The number of rotatable bonds is 6. The highest BCUT2D eigenvalue weighted by Gasteiger charge is 2.03. The van der Waals surface area contributed by atoms with Crippen LogP contribution in [0.2, 0.25) is 0 Å². The van der Waals surface area contributed by atoms with Crippen LogP contribution in [0.5, 0.6) is 0 Å². The van der Waals surface area contributed by atoms with Crippen LogP contribution in [0.15, 0.2) is 0 Å². The molecule has 0 aromatic heterocycles. The molecule has 7 heteroatoms. The molecule has 0 spiro atoms. The summed E-state index contributed by atoms with van der Waals surface area (Å²) < 4.78 is 8.95. The summed E-state index contributed by atoms with van der Waals surface area (Å²) in [6, 6.07) is 0. The summed E-state index contributed by atoms with van der Waals surface area (Å²) in [5.41, 5.74) is 0. The molecule has 0 aliphatic heterocycles. The lowest BCUT2D eigenvalue weighted by atomic mass is 10.3. The van der Waals surface area contributed by atoms with Crippen molar-refractivity contribution in [1.82, 2.24) is 4.90 Å². The van der Waals surface area contributed by atoms with E-state index in [-0.39, 0.29) is 18.4 Å². The van der Waals surface area contributed by atoms with E-state index in [4.69, 9.17) is 10.2 Å². The number of carbonyl (C=O) groups is 2. The fraction of sp³-hybridized carbons (Fsp3) is 0.857. The molecule has 2 N–H and O–H groups in total. The second-order valence-corrected chi connectivity index (χ2v) is 4.38. The van der Waals surface area contributed by atoms with Crippen LogP contribution in [0.4, 0.5) is 0 Å². The van der Waals surface area contributed by atoms with Crippen molar-refractivity contribution in [3.8, 4) is 0 Å². The van der Waals surface area contributed by atoms with E-state index in [1.807, 2.05) is 21.0 Å². The minimum absolute atomic E-state index is 0.103. The summed E-state index contributed by atoms with van der Waals surface area (Å²) in [4.78, 5) is 22.4. The average molecular weight is 309 g/mol. The average Bonchev–Trinajstić information content (AvgIpc) is 2.38. The van der Waals surface area contributed by atoms with E-state index >= 15 is 0 Å². The van der Waals surface area contributed by atoms with E-state index in [1.165, 1.54) is 14.0 Å². The predicted molar refractivity (Wildman–Crippen MR) is 80.6 cm³/mol. The molecule has 21 heavy (non-hydrogen) atoms. The Hall–Kier alpha value is -1.02. The van der Waals surface area contributed by atoms with Gasteiger partial charge in [-0.2, -0.15) is 0 Å². The summed E-state index contributed by atoms with van der Waals surface area (Å²) in [6.45, 7) is 6.98. The number of aliphatic hydroxyl groups excluding tert-OH is 2. The number of methoxy groups -OCH3 is 1. The lowest BCUT2D eigenvalue weighted by Crippen LogP contribution is -2.23. The van der Waals surface area contributed by atoms with Crippen molar-refractivity contribution in [1.29, 1.82) is 0 Å². The maximum Gasteiger partial charge on any atom is 0.313 e. The van der Waals surface area contributed by atoms with Crippen LogP contribution in [0.25, 0.3) is 0 Å². The van der Waals surface area contributed by atoms with Gasteiger partial charge in [0.05, 0.1) is 6.61 Å². The Morgan fingerprint density at radius 3 is 1.76 bits per heavy atom. The SMILES string of the molecule is CC(O)N(C)C.CCC(O)OC.CCOC(=O)CC(C)=O. The third kappa shape index (κ3) is 28.0. The van der Waals surface area contributed by atoms with Crippen LogP contribution < -0.4 is 0 Å². The molecule has 0 aliphatic carbocycles. The zero-order valence-electron chi connectivity index (χ0n) is 14.3. The first-order valence-corrected chi connectivity index (χ1v) is 6.82. The normalized spacial score (nSPS) is 12.3. The van der Waals surface area contributed by atoms with Gasteiger partial charge in [-0.05, 0) is 41.3 Å². The van der Waals surface area contributed by atoms with Crippen molar-refractivity contribution in [2.45, 2.75) is 53.1 Å². The van der Waals surface area contributed by atoms with Crippen molar-refractivity contribution in [2.24, 2.45) is 0 Å². The quantitative estimate of drug-likeness (QED) is 0.425. The second-order valence-electron chi connectivity index (χ2n) is 4.38. The summed E-state index contributed by atoms with van der Waals surface area (Å²) in [7, 11) is 5.13. The number of ketones is 1. The fourth-order valence-corrected chi connectivity index (χ4v) is 0.582. The lowest BCUT2D eigenvalue weighted by molar-refractivity contribution is -0.145. The number of esters is 1. The molecule has 0 bridgehead atoms. The molecule has 0 saturated heterocycles. The first kappa shape index (κ1) is 25.0. The van der Waals surface area contributed by atoms with Gasteiger partial charge in [0.15, 0.2) is 6.29 Å². The van der Waals surface area contributed by atoms with Gasteiger partial charge in [-0.15, -0.1) is 0 Å². The number of Topliss-reactive ketones (excluding diaryl/α,β-unsaturated/α-hetero) is 1. The molecule has 0 aromatic rings. The first-order chi connectivity index (χ1) is 9.61. The van der Waals surface area contributed by atoms with Gasteiger partial charge >= 0.3 is 5.97 Å². The zero-order valence-corrected chi connectivity index (χ0v) is 14.3. The van der Waals surface area contributed by atoms with Gasteiger partial charge in [-0.3, -0.25) is 14.5 Å². The summed E-state index contributed by atoms with van der Waals surface area (Å²) in [5.74, 6) is -0.599. The Labute approximate surface area is 127 Å². The molecule has 2 unspecified atom stereocenters. The summed E-state index contributed by atoms with van der Waals surface area (Å²) >= 11 is 0. The Kier molecular flexibility index (Phi) is 20.2. The molecule has 0 fully saturated rings. The third-order valence-corrected chi connectivity index (χ3v) is 2.07. The van der Waals surface area contributed by atoms with E-state index in [0.29, 0.717) is 13.0 Å². The monoisotopic (exact) mass is 309 g/mol. The predicted octanol–water partition coefficient (Wildman–Crippen LogP) is 0.776. The molecule has 7 nitrogen and oxygen atoms in total. The Bertz CT molecular complexity index is 246. The molecule has 0 heterocycles. The Morgan fingerprint density at radius 1 is 1.19 bits per heavy atom. The van der Waals surface area contributed by atoms with Gasteiger partial charge in [0.2, 0.25) is 0 Å². The number of carbonyl (C=O) groups excluding carboxylic acids is 2. The summed E-state index contributed by atoms with van der Waals surface area (Å²) in [6.07, 6.45) is -0.320. The lowest BCUT2D eigenvalue weighted by Gasteiger charge is -2.11. The van der Waals surface area contributed by atoms with Crippen molar-refractivity contribution in [3.05, 3.63) is 0 Å². The van der Waals surface area contributed by atoms with Gasteiger partial charge in [0.1, 0.15) is 18.4 Å². The van der Waals surface area contributed by atoms with Gasteiger partial charge in [-0.25, -0.2) is 0 Å². The standard InChI is InChI=1S/C6H10O3.C4H11NO.C4H10O2/c1-3-9-6(8)4-5(2)7;1-4(6)5(2)3;1-3-4(5)6-2/h3-4H2,1-2H3;4,6H,1-3H3;4-5H,3H2,1-2H3. The minimum atomic E-state index is -0.565. The molecule has 0 aliphatic rings. The van der Waals surface area contributed by atoms with Gasteiger partial charge in [0.25, 0.3) is 0 Å². The number of hydrogen-bond acceptors (Lipinski definition) is 7. The number of nitrogens with zero attached hydrogens (tertiary/aromatic N) is 1. The molecule has 0 amide bonds. The molecule has 2 atom stereocenters. The van der Waals surface area contributed by atoms with E-state index in [0.717, 1.165) is 0 Å². The number of hydrogen-bond donors (Lipinski definition) is 2. The van der Waals surface area contributed by atoms with Crippen LogP contribution in [-0.4, -0.2) is 67.2 Å². The molecular weight excluding hydrogens is 278 g/mol. The highest BCUT2D eigenvalue weighted by Crippen LogP contribution is 1.86. The highest BCUT2D eigenvalue weighted by atomic mass is 16.6. The van der Waals surface area contributed by atoms with E-state index in [2.05, 4.69) is 9.47 Å². The van der Waals surface area contributed by atoms with E-state index < -0.39 is 12.3 Å². The van der Waals surface area contributed by atoms with Crippen LogP contribution in [0.1, 0.15) is 40.5 Å². The minimum Gasteiger partial charge on any atom is -0.466 e. The largest absolute Gasteiger partial charge is 0.466 e. The second kappa shape index (κ2) is 17.0. The van der Waals surface area contributed by atoms with Crippen LogP contribution in [-0.2, 0) is 19.1 Å². The molecular formula is C14H31NO6. The fourth-order valence-electron chi connectivity index (χ4n) is 0.582. The van der Waals surface area contributed by atoms with Crippen molar-refractivity contribution < 1.29 is 29.3 Å². The molecule has 0 rings (SSSR count). The smallest absolute Gasteiger partial charge is 0.313 e. The topological polar surface area (TPSA) is 96.3 Å². The van der Waals surface area contributed by atoms with Gasteiger partial charge in [-0.1, -0.05) is 6.92 Å². The zero-order chi connectivity index (χ0) is 17.4. The Balaban J connectivity index is -0.000000240. The molecule has 0 aromatic carbocycles. The van der Waals surface area contributed by atoms with Crippen molar-refractivity contribution >= 4 is 11.8 Å². The highest BCUT2D eigenvalue weighted by molar-refractivity contribution is 5.94. The molecule has 128 valence electrons. The van der Waals surface area contributed by atoms with Crippen LogP contribution in [0, 0.1) is 0 Å². The number of ether oxygens (including phenoxy) is 2. The summed E-state index contributed by atoms with van der Waals surface area (Å²) in [5, 5.41) is 17.0. The van der Waals surface area contributed by atoms with E-state index in [9.17, 15) is 9.59 Å². The third-order valence-electron chi connectivity index (χ3n) is 2.07. The van der Waals surface area contributed by atoms with Gasteiger partial charge in [0, 0.05) is 7.11 Å². The van der Waals surface area contributed by atoms with Crippen LogP contribution >= 0.6 is 0 Å². The first-order valence-electron chi connectivity index (χ1n) is 6.82. The van der Waals surface area contributed by atoms with Crippen molar-refractivity contribution in [2.75, 3.05) is 27.8 Å². The number of aliphatic hydroxyl groups is 2. The maximum atomic E-state index is 10.4.